The number of esters is 1. The summed E-state index contributed by atoms with van der Waals surface area (Å²) in [6.45, 7) is 12.7. The summed E-state index contributed by atoms with van der Waals surface area (Å²) in [7, 11) is 0. The topological polar surface area (TPSA) is 106 Å². The normalized spacial score (nSPS) is 15.5. The van der Waals surface area contributed by atoms with Crippen LogP contribution in [0.2, 0.25) is 0 Å². The molecule has 3 amide bonds. The molecule has 0 saturated carbocycles. The highest BCUT2D eigenvalue weighted by molar-refractivity contribution is 5.95. The van der Waals surface area contributed by atoms with Crippen molar-refractivity contribution in [1.82, 2.24) is 15.5 Å². The largest absolute Gasteiger partial charge is 0.490 e. The van der Waals surface area contributed by atoms with E-state index >= 15 is 0 Å². The van der Waals surface area contributed by atoms with Crippen LogP contribution in [0.25, 0.3) is 0 Å². The summed E-state index contributed by atoms with van der Waals surface area (Å²) >= 11 is 0. The van der Waals surface area contributed by atoms with E-state index in [2.05, 4.69) is 10.6 Å². The number of carbonyl (C=O) groups is 3. The number of rotatable bonds is 12. The SMILES string of the molecule is CCCC1=C(C(=O)OC(C)C)C(c2ccc(OCC(=O)N(CC)CC)c(OCC)c2)NC(=O)N1. The van der Waals surface area contributed by atoms with Gasteiger partial charge in [0.15, 0.2) is 18.1 Å². The Bertz CT molecular complexity index is 908. The first kappa shape index (κ1) is 27.0. The Balaban J connectivity index is 2.41. The highest BCUT2D eigenvalue weighted by atomic mass is 16.5. The quantitative estimate of drug-likeness (QED) is 0.447. The minimum atomic E-state index is -0.716. The minimum absolute atomic E-state index is 0.113. The number of allylic oxidation sites excluding steroid dienone is 1. The van der Waals surface area contributed by atoms with Crippen LogP contribution in [-0.2, 0) is 14.3 Å². The lowest BCUT2D eigenvalue weighted by atomic mass is 9.93. The van der Waals surface area contributed by atoms with Gasteiger partial charge in [0, 0.05) is 18.8 Å². The number of urea groups is 1. The molecule has 1 aliphatic rings. The zero-order valence-corrected chi connectivity index (χ0v) is 21.0. The second-order valence-corrected chi connectivity index (χ2v) is 8.12. The number of nitrogens with one attached hydrogen (secondary N) is 2. The van der Waals surface area contributed by atoms with E-state index in [-0.39, 0.29) is 18.6 Å². The molecule has 9 heteroatoms. The fourth-order valence-electron chi connectivity index (χ4n) is 3.73. The first-order chi connectivity index (χ1) is 16.2. The monoisotopic (exact) mass is 475 g/mol. The number of likely N-dealkylation sites (N-methyl/N-ethyl adjacent to an activating group) is 1. The molecule has 34 heavy (non-hydrogen) atoms. The molecule has 1 aromatic rings. The van der Waals surface area contributed by atoms with E-state index in [4.69, 9.17) is 14.2 Å². The molecule has 1 aliphatic heterocycles. The third-order valence-corrected chi connectivity index (χ3v) is 5.28. The summed E-state index contributed by atoms with van der Waals surface area (Å²) in [4.78, 5) is 39.4. The summed E-state index contributed by atoms with van der Waals surface area (Å²) in [5.41, 5.74) is 1.55. The summed E-state index contributed by atoms with van der Waals surface area (Å²) in [6.07, 6.45) is 0.969. The summed E-state index contributed by atoms with van der Waals surface area (Å²) < 4.78 is 17.0. The highest BCUT2D eigenvalue weighted by Crippen LogP contribution is 2.35. The molecular weight excluding hydrogens is 438 g/mol. The first-order valence-corrected chi connectivity index (χ1v) is 11.9. The maximum atomic E-state index is 13.0. The number of carbonyl (C=O) groups excluding carboxylic acids is 3. The van der Waals surface area contributed by atoms with Crippen LogP contribution in [0.3, 0.4) is 0 Å². The van der Waals surface area contributed by atoms with E-state index in [9.17, 15) is 14.4 Å². The number of hydrogen-bond acceptors (Lipinski definition) is 6. The van der Waals surface area contributed by atoms with Crippen LogP contribution in [0.1, 0.15) is 66.0 Å². The predicted molar refractivity (Wildman–Crippen MR) is 129 cm³/mol. The van der Waals surface area contributed by atoms with E-state index in [1.54, 1.807) is 36.9 Å². The van der Waals surface area contributed by atoms with Crippen LogP contribution < -0.4 is 20.1 Å². The van der Waals surface area contributed by atoms with Gasteiger partial charge in [-0.1, -0.05) is 19.4 Å². The van der Waals surface area contributed by atoms with Crippen molar-refractivity contribution in [3.63, 3.8) is 0 Å². The van der Waals surface area contributed by atoms with Crippen LogP contribution in [0.4, 0.5) is 4.79 Å². The number of benzene rings is 1. The average Bonchev–Trinajstić information content (AvgIpc) is 2.78. The second-order valence-electron chi connectivity index (χ2n) is 8.12. The molecule has 0 bridgehead atoms. The fraction of sp³-hybridized carbons (Fsp3) is 0.560. The molecule has 0 saturated heterocycles. The van der Waals surface area contributed by atoms with Crippen LogP contribution in [0.5, 0.6) is 11.5 Å². The summed E-state index contributed by atoms with van der Waals surface area (Å²) in [6, 6.07) is 4.06. The summed E-state index contributed by atoms with van der Waals surface area (Å²) in [5, 5.41) is 5.59. The van der Waals surface area contributed by atoms with E-state index < -0.39 is 18.0 Å². The second kappa shape index (κ2) is 12.9. The van der Waals surface area contributed by atoms with Crippen molar-refractivity contribution >= 4 is 17.9 Å². The van der Waals surface area contributed by atoms with Gasteiger partial charge in [0.05, 0.1) is 24.3 Å². The third-order valence-electron chi connectivity index (χ3n) is 5.28. The first-order valence-electron chi connectivity index (χ1n) is 11.9. The van der Waals surface area contributed by atoms with Crippen molar-refractivity contribution in [3.05, 3.63) is 35.0 Å². The van der Waals surface area contributed by atoms with E-state index in [0.717, 1.165) is 6.42 Å². The van der Waals surface area contributed by atoms with Crippen LogP contribution in [0, 0.1) is 0 Å². The van der Waals surface area contributed by atoms with Crippen LogP contribution in [-0.4, -0.2) is 55.2 Å². The Kier molecular flexibility index (Phi) is 10.2. The molecule has 2 rings (SSSR count). The Morgan fingerprint density at radius 3 is 2.35 bits per heavy atom. The number of nitrogens with zero attached hydrogens (tertiary/aromatic N) is 1. The zero-order valence-electron chi connectivity index (χ0n) is 21.0. The van der Waals surface area contributed by atoms with E-state index in [0.29, 0.717) is 54.4 Å². The fourth-order valence-corrected chi connectivity index (χ4v) is 3.73. The molecule has 1 atom stereocenters. The van der Waals surface area contributed by atoms with Crippen molar-refractivity contribution in [3.8, 4) is 11.5 Å². The predicted octanol–water partition coefficient (Wildman–Crippen LogP) is 3.69. The lowest BCUT2D eigenvalue weighted by molar-refractivity contribution is -0.143. The van der Waals surface area contributed by atoms with Crippen molar-refractivity contribution in [2.24, 2.45) is 0 Å². The van der Waals surface area contributed by atoms with Crippen molar-refractivity contribution in [2.45, 2.75) is 66.5 Å². The maximum absolute atomic E-state index is 13.0. The Morgan fingerprint density at radius 1 is 1.06 bits per heavy atom. The third kappa shape index (κ3) is 6.88. The van der Waals surface area contributed by atoms with Gasteiger partial charge in [-0.2, -0.15) is 0 Å². The molecule has 0 spiro atoms. The van der Waals surface area contributed by atoms with Gasteiger partial charge in [0.2, 0.25) is 0 Å². The van der Waals surface area contributed by atoms with Gasteiger partial charge in [-0.3, -0.25) is 4.79 Å². The minimum Gasteiger partial charge on any atom is -0.490 e. The van der Waals surface area contributed by atoms with Crippen LogP contribution in [0.15, 0.2) is 29.5 Å². The number of amides is 3. The average molecular weight is 476 g/mol. The smallest absolute Gasteiger partial charge is 0.338 e. The van der Waals surface area contributed by atoms with Crippen molar-refractivity contribution in [1.29, 1.82) is 0 Å². The van der Waals surface area contributed by atoms with E-state index in [1.807, 2.05) is 27.7 Å². The van der Waals surface area contributed by atoms with E-state index in [1.165, 1.54) is 0 Å². The molecular formula is C25H37N3O6. The van der Waals surface area contributed by atoms with Gasteiger partial charge < -0.3 is 29.7 Å². The molecule has 188 valence electrons. The molecule has 1 unspecified atom stereocenters. The maximum Gasteiger partial charge on any atom is 0.338 e. The molecule has 0 fully saturated rings. The Morgan fingerprint density at radius 2 is 1.76 bits per heavy atom. The van der Waals surface area contributed by atoms with Crippen LogP contribution >= 0.6 is 0 Å². The lowest BCUT2D eigenvalue weighted by Crippen LogP contribution is -2.46. The standard InChI is InChI=1S/C25H37N3O6/c1-7-11-18-22(24(30)34-16(5)6)23(27-25(31)26-18)17-12-13-19(20(14-17)32-10-4)33-15-21(29)28(8-2)9-3/h12-14,16,23H,7-11,15H2,1-6H3,(H2,26,27,31). The van der Waals surface area contributed by atoms with Gasteiger partial charge >= 0.3 is 12.0 Å². The van der Waals surface area contributed by atoms with Gasteiger partial charge in [0.1, 0.15) is 0 Å². The molecule has 0 radical (unpaired) electrons. The van der Waals surface area contributed by atoms with Gasteiger partial charge in [0.25, 0.3) is 5.91 Å². The molecule has 1 aromatic carbocycles. The highest BCUT2D eigenvalue weighted by Gasteiger charge is 2.34. The Labute approximate surface area is 201 Å². The van der Waals surface area contributed by atoms with Gasteiger partial charge in [-0.25, -0.2) is 9.59 Å². The molecule has 0 aliphatic carbocycles. The van der Waals surface area contributed by atoms with Gasteiger partial charge in [-0.15, -0.1) is 0 Å². The van der Waals surface area contributed by atoms with Gasteiger partial charge in [-0.05, 0) is 58.7 Å². The molecule has 2 N–H and O–H groups in total. The Hall–Kier alpha value is -3.23. The zero-order chi connectivity index (χ0) is 25.3. The van der Waals surface area contributed by atoms with Crippen molar-refractivity contribution in [2.75, 3.05) is 26.3 Å². The number of hydrogen-bond donors (Lipinski definition) is 2. The number of ether oxygens (including phenoxy) is 3. The van der Waals surface area contributed by atoms with Crippen molar-refractivity contribution < 1.29 is 28.6 Å². The lowest BCUT2D eigenvalue weighted by Gasteiger charge is -2.30. The molecule has 9 nitrogen and oxygen atoms in total. The molecule has 1 heterocycles. The molecule has 0 aromatic heterocycles. The summed E-state index contributed by atoms with van der Waals surface area (Å²) in [5.74, 6) is 0.233.